The van der Waals surface area contributed by atoms with E-state index in [9.17, 15) is 0 Å². The highest BCUT2D eigenvalue weighted by atomic mass is 15.2. The summed E-state index contributed by atoms with van der Waals surface area (Å²) >= 11 is 0. The van der Waals surface area contributed by atoms with Gasteiger partial charge in [-0.15, -0.1) is 0 Å². The molecular weight excluding hydrogens is 152 g/mol. The van der Waals surface area contributed by atoms with E-state index in [4.69, 9.17) is 0 Å². The molecule has 1 aromatic rings. The molecule has 0 N–H and O–H groups in total. The van der Waals surface area contributed by atoms with Crippen molar-refractivity contribution in [2.24, 2.45) is 4.99 Å². The van der Waals surface area contributed by atoms with Gasteiger partial charge in [0.15, 0.2) is 5.84 Å². The second kappa shape index (κ2) is 2.55. The lowest BCUT2D eigenvalue weighted by Crippen LogP contribution is -2.19. The molecule has 0 aliphatic carbocycles. The summed E-state index contributed by atoms with van der Waals surface area (Å²) in [7, 11) is 3.77. The molecule has 0 radical (unpaired) electrons. The maximum atomic E-state index is 4.23. The van der Waals surface area contributed by atoms with E-state index >= 15 is 0 Å². The zero-order valence-corrected chi connectivity index (χ0v) is 7.15. The molecule has 0 aromatic carbocycles. The number of aromatic nitrogens is 2. The summed E-state index contributed by atoms with van der Waals surface area (Å²) in [5.41, 5.74) is 1.93. The number of aliphatic imine (C=N–C) groups is 1. The number of rotatable bonds is 0. The van der Waals surface area contributed by atoms with Crippen LogP contribution in [0.4, 0.5) is 0 Å². The van der Waals surface area contributed by atoms with Gasteiger partial charge in [0.25, 0.3) is 0 Å². The second-order valence-corrected chi connectivity index (χ2v) is 2.75. The minimum Gasteiger partial charge on any atom is -0.352 e. The minimum absolute atomic E-state index is 0.815. The van der Waals surface area contributed by atoms with Crippen molar-refractivity contribution in [1.82, 2.24) is 14.9 Å². The summed E-state index contributed by atoms with van der Waals surface area (Å²) < 4.78 is 0. The molecule has 2 heterocycles. The molecule has 0 bridgehead atoms. The Labute approximate surface area is 71.0 Å². The average Bonchev–Trinajstić information content (AvgIpc) is 2.40. The first-order chi connectivity index (χ1) is 5.83. The molecule has 0 saturated carbocycles. The van der Waals surface area contributed by atoms with Crippen molar-refractivity contribution in [2.75, 3.05) is 14.1 Å². The van der Waals surface area contributed by atoms with Crippen LogP contribution in [0, 0.1) is 0 Å². The second-order valence-electron chi connectivity index (χ2n) is 2.75. The SMILES string of the molecule is CN=C1c2nccnc2CN1C. The van der Waals surface area contributed by atoms with Crippen LogP contribution in [0.1, 0.15) is 11.4 Å². The molecule has 2 rings (SSSR count). The Morgan fingerprint density at radius 1 is 1.42 bits per heavy atom. The zero-order valence-electron chi connectivity index (χ0n) is 7.15. The van der Waals surface area contributed by atoms with E-state index in [0.29, 0.717) is 0 Å². The highest BCUT2D eigenvalue weighted by molar-refractivity contribution is 5.99. The Morgan fingerprint density at radius 3 is 2.92 bits per heavy atom. The van der Waals surface area contributed by atoms with E-state index in [1.54, 1.807) is 19.4 Å². The van der Waals surface area contributed by atoms with Gasteiger partial charge in [0, 0.05) is 26.5 Å². The van der Waals surface area contributed by atoms with Crippen molar-refractivity contribution in [2.45, 2.75) is 6.54 Å². The lowest BCUT2D eigenvalue weighted by Gasteiger charge is -2.08. The first-order valence-electron chi connectivity index (χ1n) is 3.81. The molecule has 0 saturated heterocycles. The van der Waals surface area contributed by atoms with Gasteiger partial charge >= 0.3 is 0 Å². The normalized spacial score (nSPS) is 18.5. The summed E-state index contributed by atoms with van der Waals surface area (Å²) in [4.78, 5) is 14.6. The molecule has 4 heteroatoms. The van der Waals surface area contributed by atoms with Crippen molar-refractivity contribution in [1.29, 1.82) is 0 Å². The summed E-state index contributed by atoms with van der Waals surface area (Å²) in [5.74, 6) is 0.929. The third kappa shape index (κ3) is 0.879. The van der Waals surface area contributed by atoms with Crippen LogP contribution >= 0.6 is 0 Å². The van der Waals surface area contributed by atoms with Gasteiger partial charge < -0.3 is 4.90 Å². The molecule has 1 aromatic heterocycles. The molecule has 1 aliphatic heterocycles. The third-order valence-electron chi connectivity index (χ3n) is 1.95. The fraction of sp³-hybridized carbons (Fsp3) is 0.375. The predicted molar refractivity (Wildman–Crippen MR) is 46.0 cm³/mol. The number of hydrogen-bond donors (Lipinski definition) is 0. The molecule has 0 fully saturated rings. The monoisotopic (exact) mass is 162 g/mol. The summed E-state index contributed by atoms with van der Waals surface area (Å²) in [6.07, 6.45) is 3.41. The fourth-order valence-electron chi connectivity index (χ4n) is 1.43. The van der Waals surface area contributed by atoms with Crippen molar-refractivity contribution in [3.8, 4) is 0 Å². The molecule has 0 atom stereocenters. The molecule has 12 heavy (non-hydrogen) atoms. The molecule has 62 valence electrons. The molecule has 0 unspecified atom stereocenters. The van der Waals surface area contributed by atoms with Crippen molar-refractivity contribution in [3.63, 3.8) is 0 Å². The lowest BCUT2D eigenvalue weighted by molar-refractivity contribution is 0.517. The van der Waals surface area contributed by atoms with Gasteiger partial charge in [0.2, 0.25) is 0 Å². The number of hydrogen-bond acceptors (Lipinski definition) is 3. The molecule has 0 spiro atoms. The molecule has 0 amide bonds. The van der Waals surface area contributed by atoms with Crippen LogP contribution in [-0.2, 0) is 6.54 Å². The van der Waals surface area contributed by atoms with Crippen LogP contribution in [0.25, 0.3) is 0 Å². The van der Waals surface area contributed by atoms with Crippen LogP contribution < -0.4 is 0 Å². The number of nitrogens with zero attached hydrogens (tertiary/aromatic N) is 4. The summed E-state index contributed by atoms with van der Waals surface area (Å²) in [5, 5.41) is 0. The molecule has 4 nitrogen and oxygen atoms in total. The zero-order chi connectivity index (χ0) is 8.55. The van der Waals surface area contributed by atoms with Crippen LogP contribution in [-0.4, -0.2) is 34.8 Å². The van der Waals surface area contributed by atoms with E-state index in [0.717, 1.165) is 23.8 Å². The quantitative estimate of drug-likeness (QED) is 0.551. The van der Waals surface area contributed by atoms with E-state index in [1.165, 1.54) is 0 Å². The van der Waals surface area contributed by atoms with Crippen molar-refractivity contribution in [3.05, 3.63) is 23.8 Å². The average molecular weight is 162 g/mol. The van der Waals surface area contributed by atoms with Gasteiger partial charge in [-0.3, -0.25) is 9.98 Å². The van der Waals surface area contributed by atoms with E-state index < -0.39 is 0 Å². The van der Waals surface area contributed by atoms with Gasteiger partial charge in [-0.25, -0.2) is 4.98 Å². The van der Waals surface area contributed by atoms with E-state index in [1.807, 2.05) is 11.9 Å². The Bertz CT molecular complexity index is 332. The molecular formula is C8H10N4. The van der Waals surface area contributed by atoms with Crippen molar-refractivity contribution < 1.29 is 0 Å². The Balaban J connectivity index is 2.55. The maximum absolute atomic E-state index is 4.23. The standard InChI is InChI=1S/C8H10N4/c1-9-8-7-6(5-12(8)2)10-3-4-11-7/h3-4H,5H2,1-2H3. The van der Waals surface area contributed by atoms with Gasteiger partial charge in [0.1, 0.15) is 5.69 Å². The van der Waals surface area contributed by atoms with Crippen LogP contribution in [0.5, 0.6) is 0 Å². The number of fused-ring (bicyclic) bond motifs is 1. The maximum Gasteiger partial charge on any atom is 0.151 e. The topological polar surface area (TPSA) is 41.4 Å². The van der Waals surface area contributed by atoms with Gasteiger partial charge in [0.05, 0.1) is 12.2 Å². The van der Waals surface area contributed by atoms with Crippen LogP contribution in [0.15, 0.2) is 17.4 Å². The Hall–Kier alpha value is -1.45. The third-order valence-corrected chi connectivity index (χ3v) is 1.95. The number of amidine groups is 1. The van der Waals surface area contributed by atoms with E-state index in [2.05, 4.69) is 15.0 Å². The first kappa shape index (κ1) is 7.21. The highest BCUT2D eigenvalue weighted by Gasteiger charge is 2.23. The van der Waals surface area contributed by atoms with Gasteiger partial charge in [-0.1, -0.05) is 0 Å². The lowest BCUT2D eigenvalue weighted by atomic mass is 10.3. The minimum atomic E-state index is 0.815. The summed E-state index contributed by atoms with van der Waals surface area (Å²) in [6.45, 7) is 0.815. The predicted octanol–water partition coefficient (Wildman–Crippen LogP) is 0.298. The smallest absolute Gasteiger partial charge is 0.151 e. The largest absolute Gasteiger partial charge is 0.352 e. The van der Waals surface area contributed by atoms with Crippen LogP contribution in [0.3, 0.4) is 0 Å². The highest BCUT2D eigenvalue weighted by Crippen LogP contribution is 2.16. The van der Waals surface area contributed by atoms with Crippen molar-refractivity contribution >= 4 is 5.84 Å². The fourth-order valence-corrected chi connectivity index (χ4v) is 1.43. The van der Waals surface area contributed by atoms with Gasteiger partial charge in [-0.05, 0) is 0 Å². The van der Waals surface area contributed by atoms with E-state index in [-0.39, 0.29) is 0 Å². The Morgan fingerprint density at radius 2 is 2.17 bits per heavy atom. The first-order valence-corrected chi connectivity index (χ1v) is 3.81. The molecule has 1 aliphatic rings. The summed E-state index contributed by atoms with van der Waals surface area (Å²) in [6, 6.07) is 0. The Kier molecular flexibility index (Phi) is 1.53. The van der Waals surface area contributed by atoms with Gasteiger partial charge in [-0.2, -0.15) is 0 Å². The van der Waals surface area contributed by atoms with Crippen LogP contribution in [0.2, 0.25) is 0 Å².